The molecule has 1 unspecified atom stereocenters. The highest BCUT2D eigenvalue weighted by molar-refractivity contribution is 7.89. The van der Waals surface area contributed by atoms with Crippen molar-refractivity contribution in [3.05, 3.63) is 29.8 Å². The van der Waals surface area contributed by atoms with Gasteiger partial charge in [-0.1, -0.05) is 6.07 Å². The van der Waals surface area contributed by atoms with Gasteiger partial charge in [-0.15, -0.1) is 0 Å². The Kier molecular flexibility index (Phi) is 5.92. The number of ether oxygens (including phenoxy) is 1. The van der Waals surface area contributed by atoms with E-state index in [2.05, 4.69) is 10.0 Å². The van der Waals surface area contributed by atoms with Crippen molar-refractivity contribution in [2.24, 2.45) is 0 Å². The van der Waals surface area contributed by atoms with Crippen LogP contribution in [-0.2, 0) is 19.6 Å². The number of benzene rings is 1. The second-order valence-electron chi connectivity index (χ2n) is 5.67. The maximum absolute atomic E-state index is 12.2. The Morgan fingerprint density at radius 2 is 2.08 bits per heavy atom. The topological polar surface area (TPSA) is 105 Å². The van der Waals surface area contributed by atoms with Crippen LogP contribution in [0.2, 0.25) is 0 Å². The molecule has 0 aromatic heterocycles. The summed E-state index contributed by atoms with van der Waals surface area (Å²) in [7, 11) is -0.802. The van der Waals surface area contributed by atoms with Crippen LogP contribution in [0.25, 0.3) is 0 Å². The first-order chi connectivity index (χ1) is 11.3. The van der Waals surface area contributed by atoms with Crippen LogP contribution in [0.5, 0.6) is 0 Å². The lowest BCUT2D eigenvalue weighted by Crippen LogP contribution is -2.36. The molecule has 2 amide bonds. The molecule has 2 rings (SSSR count). The van der Waals surface area contributed by atoms with E-state index in [1.807, 2.05) is 0 Å². The van der Waals surface area contributed by atoms with E-state index < -0.39 is 10.0 Å². The summed E-state index contributed by atoms with van der Waals surface area (Å²) < 4.78 is 31.9. The number of rotatable bonds is 6. The molecular weight excluding hydrogens is 334 g/mol. The number of hydrogen-bond donors (Lipinski definition) is 2. The Morgan fingerprint density at radius 1 is 1.33 bits per heavy atom. The number of hydrogen-bond acceptors (Lipinski definition) is 5. The molecule has 1 aliphatic heterocycles. The summed E-state index contributed by atoms with van der Waals surface area (Å²) in [6.07, 6.45) is 0.734. The van der Waals surface area contributed by atoms with E-state index in [0.29, 0.717) is 13.2 Å². The van der Waals surface area contributed by atoms with Gasteiger partial charge in [0.1, 0.15) is 0 Å². The maximum atomic E-state index is 12.2. The first-order valence-corrected chi connectivity index (χ1v) is 8.96. The minimum Gasteiger partial charge on any atom is -0.379 e. The fourth-order valence-electron chi connectivity index (χ4n) is 2.12. The Labute approximate surface area is 141 Å². The van der Waals surface area contributed by atoms with Crippen LogP contribution in [0.3, 0.4) is 0 Å². The molecule has 0 saturated carbocycles. The van der Waals surface area contributed by atoms with Gasteiger partial charge < -0.3 is 15.0 Å². The molecule has 9 heteroatoms. The van der Waals surface area contributed by atoms with Gasteiger partial charge in [-0.3, -0.25) is 9.59 Å². The summed E-state index contributed by atoms with van der Waals surface area (Å²) in [4.78, 5) is 24.9. The SMILES string of the molecule is CN(C)C(=O)CNS(=O)(=O)c1cccc(C(=O)NC2CCOC2)c1. The average Bonchev–Trinajstić information content (AvgIpc) is 3.05. The number of sulfonamides is 1. The van der Waals surface area contributed by atoms with Gasteiger partial charge in [0, 0.05) is 26.3 Å². The number of carbonyl (C=O) groups is 2. The van der Waals surface area contributed by atoms with Gasteiger partial charge in [-0.05, 0) is 24.6 Å². The van der Waals surface area contributed by atoms with Crippen molar-refractivity contribution in [1.29, 1.82) is 0 Å². The van der Waals surface area contributed by atoms with Gasteiger partial charge in [0.2, 0.25) is 15.9 Å². The van der Waals surface area contributed by atoms with Gasteiger partial charge in [-0.2, -0.15) is 0 Å². The Hall–Kier alpha value is -1.97. The number of amides is 2. The molecule has 8 nitrogen and oxygen atoms in total. The first kappa shape index (κ1) is 18.4. The van der Waals surface area contributed by atoms with Gasteiger partial charge in [-0.25, -0.2) is 13.1 Å². The Bertz CT molecular complexity index is 712. The summed E-state index contributed by atoms with van der Waals surface area (Å²) in [6, 6.07) is 5.62. The standard InChI is InChI=1S/C15H21N3O5S/c1-18(2)14(19)9-16-24(21,22)13-5-3-4-11(8-13)15(20)17-12-6-7-23-10-12/h3-5,8,12,16H,6-7,9-10H2,1-2H3,(H,17,20). The molecule has 24 heavy (non-hydrogen) atoms. The normalized spacial score (nSPS) is 17.5. The van der Waals surface area contributed by atoms with Gasteiger partial charge >= 0.3 is 0 Å². The molecule has 1 saturated heterocycles. The summed E-state index contributed by atoms with van der Waals surface area (Å²) in [6.45, 7) is 0.715. The lowest BCUT2D eigenvalue weighted by Gasteiger charge is -2.13. The van der Waals surface area contributed by atoms with Crippen LogP contribution >= 0.6 is 0 Å². The van der Waals surface area contributed by atoms with Crippen LogP contribution in [0.15, 0.2) is 29.2 Å². The molecule has 1 aromatic rings. The minimum atomic E-state index is -3.87. The average molecular weight is 355 g/mol. The highest BCUT2D eigenvalue weighted by Gasteiger charge is 2.21. The fraction of sp³-hybridized carbons (Fsp3) is 0.467. The summed E-state index contributed by atoms with van der Waals surface area (Å²) in [5.41, 5.74) is 0.240. The van der Waals surface area contributed by atoms with E-state index in [9.17, 15) is 18.0 Å². The van der Waals surface area contributed by atoms with Crippen molar-refractivity contribution >= 4 is 21.8 Å². The predicted octanol–water partition coefficient (Wildman–Crippen LogP) is -0.428. The van der Waals surface area contributed by atoms with Crippen molar-refractivity contribution in [2.45, 2.75) is 17.4 Å². The highest BCUT2D eigenvalue weighted by atomic mass is 32.2. The predicted molar refractivity (Wildman–Crippen MR) is 87.0 cm³/mol. The summed E-state index contributed by atoms with van der Waals surface area (Å²) in [5.74, 6) is -0.722. The van der Waals surface area contributed by atoms with E-state index in [1.54, 1.807) is 0 Å². The molecule has 1 aliphatic rings. The van der Waals surface area contributed by atoms with Crippen molar-refractivity contribution in [2.75, 3.05) is 33.9 Å². The van der Waals surface area contributed by atoms with Crippen molar-refractivity contribution in [3.8, 4) is 0 Å². The largest absolute Gasteiger partial charge is 0.379 e. The molecule has 0 aliphatic carbocycles. The number of carbonyl (C=O) groups excluding carboxylic acids is 2. The van der Waals surface area contributed by atoms with Gasteiger partial charge in [0.25, 0.3) is 5.91 Å². The molecule has 132 valence electrons. The molecule has 0 radical (unpaired) electrons. The third kappa shape index (κ3) is 4.76. The summed E-state index contributed by atoms with van der Waals surface area (Å²) in [5, 5.41) is 2.80. The second-order valence-corrected chi connectivity index (χ2v) is 7.44. The van der Waals surface area contributed by atoms with E-state index in [0.717, 1.165) is 6.42 Å². The lowest BCUT2D eigenvalue weighted by molar-refractivity contribution is -0.127. The van der Waals surface area contributed by atoms with Gasteiger partial charge in [0.15, 0.2) is 0 Å². The maximum Gasteiger partial charge on any atom is 0.251 e. The van der Waals surface area contributed by atoms with Crippen LogP contribution in [0.4, 0.5) is 0 Å². The Morgan fingerprint density at radius 3 is 2.71 bits per heavy atom. The van der Waals surface area contributed by atoms with Crippen LogP contribution < -0.4 is 10.0 Å². The molecule has 1 aromatic carbocycles. The molecule has 1 atom stereocenters. The molecular formula is C15H21N3O5S. The molecule has 0 bridgehead atoms. The van der Waals surface area contributed by atoms with E-state index in [1.165, 1.54) is 43.3 Å². The quantitative estimate of drug-likeness (QED) is 0.721. The number of nitrogens with one attached hydrogen (secondary N) is 2. The van der Waals surface area contributed by atoms with Gasteiger partial charge in [0.05, 0.1) is 24.1 Å². The van der Waals surface area contributed by atoms with E-state index >= 15 is 0 Å². The zero-order valence-electron chi connectivity index (χ0n) is 13.6. The monoisotopic (exact) mass is 355 g/mol. The summed E-state index contributed by atoms with van der Waals surface area (Å²) >= 11 is 0. The number of nitrogens with zero attached hydrogens (tertiary/aromatic N) is 1. The molecule has 1 fully saturated rings. The lowest BCUT2D eigenvalue weighted by atomic mass is 10.2. The van der Waals surface area contributed by atoms with Crippen LogP contribution in [-0.4, -0.2) is 65.0 Å². The zero-order valence-corrected chi connectivity index (χ0v) is 14.4. The van der Waals surface area contributed by atoms with Crippen LogP contribution in [0.1, 0.15) is 16.8 Å². The smallest absolute Gasteiger partial charge is 0.251 e. The second kappa shape index (κ2) is 7.73. The molecule has 2 N–H and O–H groups in total. The third-order valence-electron chi connectivity index (χ3n) is 3.58. The van der Waals surface area contributed by atoms with Crippen molar-refractivity contribution < 1.29 is 22.7 Å². The minimum absolute atomic E-state index is 0.0615. The highest BCUT2D eigenvalue weighted by Crippen LogP contribution is 2.12. The molecule has 1 heterocycles. The Balaban J connectivity index is 2.07. The van der Waals surface area contributed by atoms with Crippen LogP contribution in [0, 0.1) is 0 Å². The zero-order chi connectivity index (χ0) is 17.7. The van der Waals surface area contributed by atoms with E-state index in [-0.39, 0.29) is 34.9 Å². The number of likely N-dealkylation sites (N-methyl/N-ethyl adjacent to an activating group) is 1. The van der Waals surface area contributed by atoms with E-state index in [4.69, 9.17) is 4.74 Å². The molecule has 0 spiro atoms. The van der Waals surface area contributed by atoms with Crippen molar-refractivity contribution in [3.63, 3.8) is 0 Å². The van der Waals surface area contributed by atoms with Crippen molar-refractivity contribution in [1.82, 2.24) is 14.9 Å². The third-order valence-corrected chi connectivity index (χ3v) is 4.98. The fourth-order valence-corrected chi connectivity index (χ4v) is 3.14. The first-order valence-electron chi connectivity index (χ1n) is 7.48.